The smallest absolute Gasteiger partial charge is 0.272 e. The fraction of sp³-hybridized carbons (Fsp3) is 0.381. The molecule has 2 aromatic heterocycles. The minimum absolute atomic E-state index is 0.0308. The molecule has 1 fully saturated rings. The molecule has 1 aliphatic rings. The Hall–Kier alpha value is -2.73. The van der Waals surface area contributed by atoms with Crippen LogP contribution in [0.4, 0.5) is 0 Å². The first-order chi connectivity index (χ1) is 13.2. The average Bonchev–Trinajstić information content (AvgIpc) is 3.19. The molecule has 0 N–H and O–H groups in total. The molecule has 0 unspecified atom stereocenters. The van der Waals surface area contributed by atoms with Crippen molar-refractivity contribution in [3.05, 3.63) is 60.3 Å². The van der Waals surface area contributed by atoms with Gasteiger partial charge in [-0.25, -0.2) is 9.97 Å². The van der Waals surface area contributed by atoms with Crippen molar-refractivity contribution in [2.24, 2.45) is 0 Å². The third-order valence-electron chi connectivity index (χ3n) is 5.25. The van der Waals surface area contributed by atoms with Gasteiger partial charge in [-0.2, -0.15) is 0 Å². The SMILES string of the molecule is CCc1nccn1CCN1CCN(C(=O)c2ccc3ccccc3n2)CC1. The van der Waals surface area contributed by atoms with Gasteiger partial charge >= 0.3 is 0 Å². The van der Waals surface area contributed by atoms with E-state index in [4.69, 9.17) is 0 Å². The number of imidazole rings is 1. The van der Waals surface area contributed by atoms with Crippen molar-refractivity contribution >= 4 is 16.8 Å². The highest BCUT2D eigenvalue weighted by atomic mass is 16.2. The zero-order valence-corrected chi connectivity index (χ0v) is 15.7. The lowest BCUT2D eigenvalue weighted by atomic mass is 10.2. The second-order valence-electron chi connectivity index (χ2n) is 6.91. The molecule has 1 saturated heterocycles. The van der Waals surface area contributed by atoms with Crippen LogP contribution in [0.3, 0.4) is 0 Å². The lowest BCUT2D eigenvalue weighted by Gasteiger charge is -2.34. The molecule has 0 saturated carbocycles. The minimum atomic E-state index is 0.0308. The van der Waals surface area contributed by atoms with E-state index in [0.29, 0.717) is 5.69 Å². The fourth-order valence-corrected chi connectivity index (χ4v) is 3.63. The Labute approximate surface area is 159 Å². The predicted molar refractivity (Wildman–Crippen MR) is 106 cm³/mol. The molecule has 1 aliphatic heterocycles. The van der Waals surface area contributed by atoms with E-state index in [2.05, 4.69) is 26.4 Å². The quantitative estimate of drug-likeness (QED) is 0.699. The van der Waals surface area contributed by atoms with Gasteiger partial charge < -0.3 is 9.47 Å². The molecule has 6 nitrogen and oxygen atoms in total. The van der Waals surface area contributed by atoms with E-state index in [-0.39, 0.29) is 5.91 Å². The molecule has 140 valence electrons. The van der Waals surface area contributed by atoms with Gasteiger partial charge in [0.05, 0.1) is 5.52 Å². The van der Waals surface area contributed by atoms with Crippen molar-refractivity contribution in [3.63, 3.8) is 0 Å². The first kappa shape index (κ1) is 17.7. The molecule has 1 aromatic carbocycles. The Morgan fingerprint density at radius 1 is 1.04 bits per heavy atom. The number of amides is 1. The van der Waals surface area contributed by atoms with Crippen molar-refractivity contribution in [3.8, 4) is 0 Å². The maximum atomic E-state index is 12.8. The number of aromatic nitrogens is 3. The standard InChI is InChI=1S/C21H25N5O/c1-2-20-22-9-10-25(20)14-11-24-12-15-26(16-13-24)21(27)19-8-7-17-5-3-4-6-18(17)23-19/h3-10H,2,11-16H2,1H3. The summed E-state index contributed by atoms with van der Waals surface area (Å²) in [7, 11) is 0. The molecule has 3 heterocycles. The van der Waals surface area contributed by atoms with Crippen LogP contribution in [0.1, 0.15) is 23.2 Å². The number of benzene rings is 1. The maximum Gasteiger partial charge on any atom is 0.272 e. The summed E-state index contributed by atoms with van der Waals surface area (Å²) in [5.74, 6) is 1.16. The molecule has 4 rings (SSSR count). The number of carbonyl (C=O) groups excluding carboxylic acids is 1. The summed E-state index contributed by atoms with van der Waals surface area (Å²) in [6, 6.07) is 11.7. The van der Waals surface area contributed by atoms with Gasteiger partial charge in [0.1, 0.15) is 11.5 Å². The van der Waals surface area contributed by atoms with Crippen LogP contribution in [-0.4, -0.2) is 63.0 Å². The van der Waals surface area contributed by atoms with Crippen molar-refractivity contribution in [1.82, 2.24) is 24.3 Å². The van der Waals surface area contributed by atoms with Crippen LogP contribution in [0.15, 0.2) is 48.8 Å². The van der Waals surface area contributed by atoms with E-state index in [1.165, 1.54) is 0 Å². The van der Waals surface area contributed by atoms with Crippen LogP contribution in [-0.2, 0) is 13.0 Å². The molecule has 27 heavy (non-hydrogen) atoms. The summed E-state index contributed by atoms with van der Waals surface area (Å²) in [5, 5.41) is 1.06. The van der Waals surface area contributed by atoms with Crippen molar-refractivity contribution < 1.29 is 4.79 Å². The summed E-state index contributed by atoms with van der Waals surface area (Å²) >= 11 is 0. The number of para-hydroxylation sites is 1. The Morgan fingerprint density at radius 2 is 1.85 bits per heavy atom. The summed E-state index contributed by atoms with van der Waals surface area (Å²) < 4.78 is 2.22. The monoisotopic (exact) mass is 363 g/mol. The van der Waals surface area contributed by atoms with Gasteiger partial charge in [0, 0.05) is 63.5 Å². The number of hydrogen-bond acceptors (Lipinski definition) is 4. The number of hydrogen-bond donors (Lipinski definition) is 0. The minimum Gasteiger partial charge on any atom is -0.335 e. The Morgan fingerprint density at radius 3 is 2.67 bits per heavy atom. The van der Waals surface area contributed by atoms with Gasteiger partial charge in [0.15, 0.2) is 0 Å². The lowest BCUT2D eigenvalue weighted by molar-refractivity contribution is 0.0627. The van der Waals surface area contributed by atoms with Gasteiger partial charge in [-0.1, -0.05) is 31.2 Å². The third-order valence-corrected chi connectivity index (χ3v) is 5.25. The second-order valence-corrected chi connectivity index (χ2v) is 6.91. The first-order valence-corrected chi connectivity index (χ1v) is 9.62. The molecular weight excluding hydrogens is 338 g/mol. The van der Waals surface area contributed by atoms with E-state index in [1.807, 2.05) is 53.7 Å². The molecular formula is C21H25N5O. The summed E-state index contributed by atoms with van der Waals surface area (Å²) in [6.45, 7) is 7.35. The summed E-state index contributed by atoms with van der Waals surface area (Å²) in [5.41, 5.74) is 1.40. The average molecular weight is 363 g/mol. The topological polar surface area (TPSA) is 54.3 Å². The molecule has 0 aliphatic carbocycles. The highest BCUT2D eigenvalue weighted by molar-refractivity contribution is 5.95. The van der Waals surface area contributed by atoms with Gasteiger partial charge in [-0.05, 0) is 12.1 Å². The predicted octanol–water partition coefficient (Wildman–Crippen LogP) is 2.45. The molecule has 0 radical (unpaired) electrons. The molecule has 3 aromatic rings. The van der Waals surface area contributed by atoms with Crippen LogP contribution < -0.4 is 0 Å². The lowest BCUT2D eigenvalue weighted by Crippen LogP contribution is -2.49. The molecule has 6 heteroatoms. The third kappa shape index (κ3) is 3.85. The van der Waals surface area contributed by atoms with Crippen LogP contribution >= 0.6 is 0 Å². The van der Waals surface area contributed by atoms with Crippen LogP contribution in [0, 0.1) is 0 Å². The van der Waals surface area contributed by atoms with Gasteiger partial charge in [-0.3, -0.25) is 9.69 Å². The Bertz CT molecular complexity index is 927. The highest BCUT2D eigenvalue weighted by Crippen LogP contribution is 2.14. The van der Waals surface area contributed by atoms with Crippen molar-refractivity contribution in [1.29, 1.82) is 0 Å². The van der Waals surface area contributed by atoms with E-state index in [1.54, 1.807) is 0 Å². The number of aryl methyl sites for hydroxylation is 1. The zero-order chi connectivity index (χ0) is 18.6. The van der Waals surface area contributed by atoms with E-state index in [0.717, 1.165) is 62.4 Å². The molecule has 0 bridgehead atoms. The normalized spacial score (nSPS) is 15.4. The van der Waals surface area contributed by atoms with E-state index >= 15 is 0 Å². The number of pyridine rings is 1. The molecule has 0 atom stereocenters. The Balaban J connectivity index is 1.33. The fourth-order valence-electron chi connectivity index (χ4n) is 3.63. The first-order valence-electron chi connectivity index (χ1n) is 9.62. The highest BCUT2D eigenvalue weighted by Gasteiger charge is 2.23. The molecule has 0 spiro atoms. The van der Waals surface area contributed by atoms with Gasteiger partial charge in [0.25, 0.3) is 5.91 Å². The molecule has 1 amide bonds. The number of piperazine rings is 1. The number of fused-ring (bicyclic) bond motifs is 1. The second kappa shape index (κ2) is 7.88. The van der Waals surface area contributed by atoms with Crippen LogP contribution in [0.2, 0.25) is 0 Å². The van der Waals surface area contributed by atoms with Crippen molar-refractivity contribution in [2.75, 3.05) is 32.7 Å². The van der Waals surface area contributed by atoms with Crippen LogP contribution in [0.25, 0.3) is 10.9 Å². The van der Waals surface area contributed by atoms with Gasteiger partial charge in [0.2, 0.25) is 0 Å². The van der Waals surface area contributed by atoms with E-state index < -0.39 is 0 Å². The number of nitrogens with zero attached hydrogens (tertiary/aromatic N) is 5. The van der Waals surface area contributed by atoms with Crippen molar-refractivity contribution in [2.45, 2.75) is 19.9 Å². The number of carbonyl (C=O) groups is 1. The maximum absolute atomic E-state index is 12.8. The summed E-state index contributed by atoms with van der Waals surface area (Å²) in [6.07, 6.45) is 4.87. The van der Waals surface area contributed by atoms with E-state index in [9.17, 15) is 4.79 Å². The Kier molecular flexibility index (Phi) is 5.16. The summed E-state index contributed by atoms with van der Waals surface area (Å²) in [4.78, 5) is 26.1. The van der Waals surface area contributed by atoms with Gasteiger partial charge in [-0.15, -0.1) is 0 Å². The zero-order valence-electron chi connectivity index (χ0n) is 15.7. The number of rotatable bonds is 5. The van der Waals surface area contributed by atoms with Crippen LogP contribution in [0.5, 0.6) is 0 Å². The largest absolute Gasteiger partial charge is 0.335 e.